The first-order chi connectivity index (χ1) is 9.45. The van der Waals surface area contributed by atoms with Crippen molar-refractivity contribution in [3.8, 4) is 5.75 Å². The number of benzene rings is 1. The Morgan fingerprint density at radius 2 is 1.85 bits per heavy atom. The number of H-pyrrole nitrogens is 1. The van der Waals surface area contributed by atoms with Crippen LogP contribution < -0.4 is 4.74 Å². The minimum absolute atomic E-state index is 0.604. The van der Waals surface area contributed by atoms with Gasteiger partial charge in [-0.3, -0.25) is 0 Å². The summed E-state index contributed by atoms with van der Waals surface area (Å²) in [5.41, 5.74) is 2.12. The summed E-state index contributed by atoms with van der Waals surface area (Å²) in [6, 6.07) is 6.07. The van der Waals surface area contributed by atoms with Crippen LogP contribution in [0.5, 0.6) is 5.75 Å². The number of fused-ring (bicyclic) bond motifs is 1. The molecule has 1 N–H and O–H groups in total. The number of hydrogen-bond donors (Lipinski definition) is 1. The Balaban J connectivity index is 2.49. The second kappa shape index (κ2) is 6.00. The number of rotatable bonds is 5. The third kappa shape index (κ3) is 2.75. The van der Waals surface area contributed by atoms with Crippen molar-refractivity contribution in [2.24, 2.45) is 17.8 Å². The van der Waals surface area contributed by atoms with E-state index in [0.717, 1.165) is 28.1 Å². The lowest BCUT2D eigenvalue weighted by molar-refractivity contribution is 0.253. The van der Waals surface area contributed by atoms with Crippen molar-refractivity contribution in [3.05, 3.63) is 23.0 Å². The Bertz CT molecular complexity index is 631. The Morgan fingerprint density at radius 1 is 1.20 bits per heavy atom. The van der Waals surface area contributed by atoms with Crippen LogP contribution in [-0.2, 0) is 6.54 Å². The van der Waals surface area contributed by atoms with Gasteiger partial charge in [0.1, 0.15) is 11.3 Å². The molecule has 0 radical (unpaired) electrons. The van der Waals surface area contributed by atoms with Crippen LogP contribution in [0.15, 0.2) is 18.2 Å². The molecule has 0 aliphatic carbocycles. The average molecular weight is 292 g/mol. The van der Waals surface area contributed by atoms with Crippen LogP contribution in [0.4, 0.5) is 0 Å². The molecule has 0 fully saturated rings. The standard InChI is InChI=1S/C16H24N2OS/c1-10(2)12(11(3)4)9-18-13-7-6-8-14(19-5)15(13)17-16(18)20/h6-8,10-12H,9H2,1-5H3,(H,17,20). The lowest BCUT2D eigenvalue weighted by atomic mass is 9.85. The van der Waals surface area contributed by atoms with E-state index in [0.29, 0.717) is 17.8 Å². The lowest BCUT2D eigenvalue weighted by Crippen LogP contribution is -2.21. The monoisotopic (exact) mass is 292 g/mol. The van der Waals surface area contributed by atoms with E-state index in [1.54, 1.807) is 7.11 Å². The van der Waals surface area contributed by atoms with Gasteiger partial charge in [-0.2, -0.15) is 0 Å². The number of aromatic nitrogens is 2. The Labute approximate surface area is 126 Å². The maximum Gasteiger partial charge on any atom is 0.178 e. The number of nitrogens with one attached hydrogen (secondary N) is 1. The Hall–Kier alpha value is -1.29. The summed E-state index contributed by atoms with van der Waals surface area (Å²) in [5, 5.41) is 0. The summed E-state index contributed by atoms with van der Waals surface area (Å²) in [4.78, 5) is 3.28. The topological polar surface area (TPSA) is 29.9 Å². The third-order valence-corrected chi connectivity index (χ3v) is 4.42. The molecular formula is C16H24N2OS. The predicted octanol–water partition coefficient (Wildman–Crippen LogP) is 4.64. The van der Waals surface area contributed by atoms with Crippen LogP contribution >= 0.6 is 12.2 Å². The van der Waals surface area contributed by atoms with Crippen molar-refractivity contribution < 1.29 is 4.74 Å². The fraction of sp³-hybridized carbons (Fsp3) is 0.562. The molecule has 0 spiro atoms. The minimum Gasteiger partial charge on any atom is -0.494 e. The van der Waals surface area contributed by atoms with Crippen molar-refractivity contribution in [3.63, 3.8) is 0 Å². The fourth-order valence-electron chi connectivity index (χ4n) is 2.91. The van der Waals surface area contributed by atoms with E-state index in [-0.39, 0.29) is 0 Å². The molecule has 0 saturated heterocycles. The normalized spacial score (nSPS) is 12.0. The number of para-hydroxylation sites is 1. The van der Waals surface area contributed by atoms with Crippen molar-refractivity contribution in [1.29, 1.82) is 0 Å². The highest BCUT2D eigenvalue weighted by molar-refractivity contribution is 7.71. The van der Waals surface area contributed by atoms with Crippen LogP contribution in [0.3, 0.4) is 0 Å². The first-order valence-electron chi connectivity index (χ1n) is 7.21. The Morgan fingerprint density at radius 3 is 2.40 bits per heavy atom. The van der Waals surface area contributed by atoms with Gasteiger partial charge in [0.2, 0.25) is 0 Å². The largest absolute Gasteiger partial charge is 0.494 e. The quantitative estimate of drug-likeness (QED) is 0.814. The second-order valence-corrected chi connectivity index (χ2v) is 6.43. The molecular weight excluding hydrogens is 268 g/mol. The number of ether oxygens (including phenoxy) is 1. The second-order valence-electron chi connectivity index (χ2n) is 6.05. The van der Waals surface area contributed by atoms with Crippen LogP contribution in [0.1, 0.15) is 27.7 Å². The van der Waals surface area contributed by atoms with Crippen molar-refractivity contribution in [2.45, 2.75) is 34.2 Å². The van der Waals surface area contributed by atoms with Gasteiger partial charge in [0, 0.05) is 6.54 Å². The molecule has 0 amide bonds. The van der Waals surface area contributed by atoms with Gasteiger partial charge in [-0.05, 0) is 42.1 Å². The molecule has 0 aliphatic rings. The summed E-state index contributed by atoms with van der Waals surface area (Å²) in [5.74, 6) is 2.71. The van der Waals surface area contributed by atoms with Gasteiger partial charge < -0.3 is 14.3 Å². The molecule has 0 atom stereocenters. The molecule has 1 aromatic carbocycles. The number of methoxy groups -OCH3 is 1. The van der Waals surface area contributed by atoms with Crippen LogP contribution in [0, 0.1) is 22.5 Å². The van der Waals surface area contributed by atoms with E-state index in [4.69, 9.17) is 17.0 Å². The number of imidazole rings is 1. The Kier molecular flexibility index (Phi) is 4.53. The van der Waals surface area contributed by atoms with Gasteiger partial charge in [0.15, 0.2) is 4.77 Å². The third-order valence-electron chi connectivity index (χ3n) is 4.10. The number of nitrogens with zero attached hydrogens (tertiary/aromatic N) is 1. The van der Waals surface area contributed by atoms with Gasteiger partial charge in [-0.1, -0.05) is 33.8 Å². The maximum absolute atomic E-state index is 5.50. The highest BCUT2D eigenvalue weighted by atomic mass is 32.1. The van der Waals surface area contributed by atoms with Crippen molar-refractivity contribution >= 4 is 23.3 Å². The van der Waals surface area contributed by atoms with E-state index < -0.39 is 0 Å². The summed E-state index contributed by atoms with van der Waals surface area (Å²) < 4.78 is 8.38. The predicted molar refractivity (Wildman–Crippen MR) is 86.8 cm³/mol. The van der Waals surface area contributed by atoms with Gasteiger partial charge >= 0.3 is 0 Å². The minimum atomic E-state index is 0.604. The van der Waals surface area contributed by atoms with Gasteiger partial charge in [-0.15, -0.1) is 0 Å². The molecule has 0 saturated carbocycles. The lowest BCUT2D eigenvalue weighted by Gasteiger charge is -2.25. The first kappa shape index (κ1) is 15.1. The summed E-state index contributed by atoms with van der Waals surface area (Å²) >= 11 is 5.50. The smallest absolute Gasteiger partial charge is 0.178 e. The maximum atomic E-state index is 5.50. The van der Waals surface area contributed by atoms with Crippen LogP contribution in [-0.4, -0.2) is 16.7 Å². The molecule has 4 heteroatoms. The molecule has 1 heterocycles. The van der Waals surface area contributed by atoms with Gasteiger partial charge in [0.05, 0.1) is 12.6 Å². The SMILES string of the molecule is COc1cccc2c1[nH]c(=S)n2CC(C(C)C)C(C)C. The molecule has 0 unspecified atom stereocenters. The zero-order valence-corrected chi connectivity index (χ0v) is 13.8. The average Bonchev–Trinajstić information content (AvgIpc) is 2.70. The highest BCUT2D eigenvalue weighted by Crippen LogP contribution is 2.28. The van der Waals surface area contributed by atoms with E-state index in [1.807, 2.05) is 12.1 Å². The van der Waals surface area contributed by atoms with Crippen LogP contribution in [0.2, 0.25) is 0 Å². The zero-order chi connectivity index (χ0) is 14.9. The molecule has 20 heavy (non-hydrogen) atoms. The van der Waals surface area contributed by atoms with E-state index in [9.17, 15) is 0 Å². The summed E-state index contributed by atoms with van der Waals surface area (Å²) in [6.45, 7) is 10.1. The first-order valence-corrected chi connectivity index (χ1v) is 7.62. The van der Waals surface area contributed by atoms with Gasteiger partial charge in [0.25, 0.3) is 0 Å². The fourth-order valence-corrected chi connectivity index (χ4v) is 3.18. The summed E-state index contributed by atoms with van der Waals surface area (Å²) in [7, 11) is 1.69. The van der Waals surface area contributed by atoms with E-state index >= 15 is 0 Å². The highest BCUT2D eigenvalue weighted by Gasteiger charge is 2.20. The molecule has 2 rings (SSSR count). The van der Waals surface area contributed by atoms with Gasteiger partial charge in [-0.25, -0.2) is 0 Å². The van der Waals surface area contributed by atoms with Crippen molar-refractivity contribution in [2.75, 3.05) is 7.11 Å². The van der Waals surface area contributed by atoms with E-state index in [2.05, 4.69) is 43.3 Å². The van der Waals surface area contributed by atoms with Crippen LogP contribution in [0.25, 0.3) is 11.0 Å². The summed E-state index contributed by atoms with van der Waals surface area (Å²) in [6.07, 6.45) is 0. The zero-order valence-electron chi connectivity index (χ0n) is 12.9. The molecule has 1 aromatic heterocycles. The number of hydrogen-bond acceptors (Lipinski definition) is 2. The van der Waals surface area contributed by atoms with E-state index in [1.165, 1.54) is 0 Å². The van der Waals surface area contributed by atoms with Crippen molar-refractivity contribution in [1.82, 2.24) is 9.55 Å². The molecule has 0 aliphatic heterocycles. The molecule has 2 aromatic rings. The molecule has 110 valence electrons. The molecule has 0 bridgehead atoms. The molecule has 3 nitrogen and oxygen atoms in total. The number of aromatic amines is 1.